The lowest BCUT2D eigenvalue weighted by Gasteiger charge is -2.34. The van der Waals surface area contributed by atoms with Crippen molar-refractivity contribution in [3.63, 3.8) is 0 Å². The molecule has 1 aromatic carbocycles. The van der Waals surface area contributed by atoms with Gasteiger partial charge < -0.3 is 19.8 Å². The van der Waals surface area contributed by atoms with E-state index in [0.29, 0.717) is 6.42 Å². The summed E-state index contributed by atoms with van der Waals surface area (Å²) in [5.74, 6) is -0.200. The van der Waals surface area contributed by atoms with E-state index in [4.69, 9.17) is 21.4 Å². The second-order valence-electron chi connectivity index (χ2n) is 4.32. The topological polar surface area (TPSA) is 70.0 Å². The molecule has 0 bridgehead atoms. The van der Waals surface area contributed by atoms with Gasteiger partial charge in [-0.2, -0.15) is 0 Å². The number of aliphatic hydroxyl groups is 1. The van der Waals surface area contributed by atoms with E-state index in [1.807, 2.05) is 0 Å². The van der Waals surface area contributed by atoms with Crippen LogP contribution < -0.4 is 4.74 Å². The van der Waals surface area contributed by atoms with Gasteiger partial charge in [0.15, 0.2) is 0 Å². The maximum Gasteiger partial charge on any atom is 0.407 e. The summed E-state index contributed by atoms with van der Waals surface area (Å²) in [7, 11) is 0. The second kappa shape index (κ2) is 5.63. The number of hydrogen-bond acceptors (Lipinski definition) is 3. The number of nitrogens with zero attached hydrogens (tertiary/aromatic N) is 1. The highest BCUT2D eigenvalue weighted by atomic mass is 35.5. The predicted molar refractivity (Wildman–Crippen MR) is 66.0 cm³/mol. The number of hydrogen-bond donors (Lipinski definition) is 2. The molecule has 19 heavy (non-hydrogen) atoms. The number of rotatable bonds is 2. The van der Waals surface area contributed by atoms with Crippen LogP contribution in [-0.2, 0) is 0 Å². The van der Waals surface area contributed by atoms with Crippen molar-refractivity contribution in [1.82, 2.24) is 4.90 Å². The van der Waals surface area contributed by atoms with Gasteiger partial charge in [0, 0.05) is 13.0 Å². The molecule has 2 rings (SSSR count). The zero-order valence-electron chi connectivity index (χ0n) is 9.92. The van der Waals surface area contributed by atoms with Gasteiger partial charge in [-0.05, 0) is 18.2 Å². The molecular formula is C12H13ClFNO4. The lowest BCUT2D eigenvalue weighted by Crippen LogP contribution is -2.50. The zero-order valence-corrected chi connectivity index (χ0v) is 10.7. The van der Waals surface area contributed by atoms with Crippen LogP contribution in [0.1, 0.15) is 6.42 Å². The maximum atomic E-state index is 12.9. The minimum atomic E-state index is -1.07. The van der Waals surface area contributed by atoms with Crippen LogP contribution in [0.3, 0.4) is 0 Å². The minimum absolute atomic E-state index is 0.0151. The average molecular weight is 290 g/mol. The molecule has 5 nitrogen and oxygen atoms in total. The van der Waals surface area contributed by atoms with Gasteiger partial charge in [0.25, 0.3) is 0 Å². The van der Waals surface area contributed by atoms with Crippen molar-refractivity contribution in [3.8, 4) is 5.75 Å². The highest BCUT2D eigenvalue weighted by Crippen LogP contribution is 2.28. The summed E-state index contributed by atoms with van der Waals surface area (Å²) in [6.45, 7) is 0.259. The Morgan fingerprint density at radius 1 is 1.53 bits per heavy atom. The number of carboxylic acid groups (broad SMARTS) is 1. The van der Waals surface area contributed by atoms with Crippen molar-refractivity contribution in [1.29, 1.82) is 0 Å². The van der Waals surface area contributed by atoms with E-state index in [-0.39, 0.29) is 23.9 Å². The van der Waals surface area contributed by atoms with E-state index in [9.17, 15) is 14.3 Å². The van der Waals surface area contributed by atoms with Gasteiger partial charge in [-0.3, -0.25) is 0 Å². The Balaban J connectivity index is 2.02. The fourth-order valence-electron chi connectivity index (χ4n) is 1.96. The molecule has 0 saturated carbocycles. The first-order valence-corrected chi connectivity index (χ1v) is 6.13. The standard InChI is InChI=1S/C12H13ClFNO4/c13-8-5-7(14)1-2-10(8)19-11-3-4-15(12(17)18)6-9(11)16/h1-2,5,9,11,16H,3-4,6H2,(H,17,18). The summed E-state index contributed by atoms with van der Waals surface area (Å²) in [6.07, 6.45) is -2.22. The largest absolute Gasteiger partial charge is 0.486 e. The number of benzene rings is 1. The number of likely N-dealkylation sites (tertiary alicyclic amines) is 1. The molecule has 1 amide bonds. The van der Waals surface area contributed by atoms with Crippen LogP contribution in [0, 0.1) is 5.82 Å². The smallest absolute Gasteiger partial charge is 0.407 e. The lowest BCUT2D eigenvalue weighted by atomic mass is 10.1. The van der Waals surface area contributed by atoms with Crippen molar-refractivity contribution < 1.29 is 24.1 Å². The Hall–Kier alpha value is -1.53. The average Bonchev–Trinajstić information content (AvgIpc) is 2.34. The van der Waals surface area contributed by atoms with Gasteiger partial charge in [0.05, 0.1) is 11.6 Å². The van der Waals surface area contributed by atoms with Crippen LogP contribution in [0.25, 0.3) is 0 Å². The fraction of sp³-hybridized carbons (Fsp3) is 0.417. The first kappa shape index (κ1) is 13.9. The third-order valence-electron chi connectivity index (χ3n) is 2.96. The highest BCUT2D eigenvalue weighted by Gasteiger charge is 2.31. The van der Waals surface area contributed by atoms with Gasteiger partial charge in [-0.1, -0.05) is 11.6 Å². The number of β-amino-alcohol motifs (C(OH)–C–C–N with tert-alkyl or cyclic N) is 1. The predicted octanol–water partition coefficient (Wildman–Crippen LogP) is 1.97. The van der Waals surface area contributed by atoms with Crippen LogP contribution >= 0.6 is 11.6 Å². The van der Waals surface area contributed by atoms with Crippen molar-refractivity contribution >= 4 is 17.7 Å². The third kappa shape index (κ3) is 3.27. The number of carbonyl (C=O) groups is 1. The second-order valence-corrected chi connectivity index (χ2v) is 4.72. The summed E-state index contributed by atoms with van der Waals surface area (Å²) in [6, 6.07) is 3.71. The van der Waals surface area contributed by atoms with E-state index >= 15 is 0 Å². The van der Waals surface area contributed by atoms with Crippen LogP contribution in [0.15, 0.2) is 18.2 Å². The molecule has 1 aromatic rings. The molecule has 0 radical (unpaired) electrons. The monoisotopic (exact) mass is 289 g/mol. The molecule has 7 heteroatoms. The number of piperidine rings is 1. The zero-order chi connectivity index (χ0) is 14.0. The Kier molecular flexibility index (Phi) is 4.11. The van der Waals surface area contributed by atoms with Crippen molar-refractivity contribution in [2.75, 3.05) is 13.1 Å². The molecule has 2 unspecified atom stereocenters. The first-order valence-electron chi connectivity index (χ1n) is 5.75. The van der Waals surface area contributed by atoms with Crippen LogP contribution in [0.2, 0.25) is 5.02 Å². The van der Waals surface area contributed by atoms with Crippen molar-refractivity contribution in [2.45, 2.75) is 18.6 Å². The molecule has 0 spiro atoms. The molecular weight excluding hydrogens is 277 g/mol. The summed E-state index contributed by atoms with van der Waals surface area (Å²) >= 11 is 5.82. The summed E-state index contributed by atoms with van der Waals surface area (Å²) in [5.41, 5.74) is 0. The first-order chi connectivity index (χ1) is 8.97. The van der Waals surface area contributed by atoms with E-state index < -0.39 is 24.1 Å². The molecule has 1 aliphatic heterocycles. The molecule has 1 fully saturated rings. The SMILES string of the molecule is O=C(O)N1CCC(Oc2ccc(F)cc2Cl)C(O)C1. The molecule has 1 saturated heterocycles. The van der Waals surface area contributed by atoms with Gasteiger partial charge in [-0.15, -0.1) is 0 Å². The Morgan fingerprint density at radius 2 is 2.26 bits per heavy atom. The van der Waals surface area contributed by atoms with Gasteiger partial charge in [0.1, 0.15) is 23.8 Å². The maximum absolute atomic E-state index is 12.9. The number of ether oxygens (including phenoxy) is 1. The minimum Gasteiger partial charge on any atom is -0.486 e. The molecule has 0 aromatic heterocycles. The van der Waals surface area contributed by atoms with Gasteiger partial charge >= 0.3 is 6.09 Å². The van der Waals surface area contributed by atoms with Crippen molar-refractivity contribution in [2.24, 2.45) is 0 Å². The molecule has 2 atom stereocenters. The number of halogens is 2. The molecule has 1 aliphatic rings. The van der Waals surface area contributed by atoms with Crippen LogP contribution in [0.5, 0.6) is 5.75 Å². The Labute approximate surface area is 114 Å². The van der Waals surface area contributed by atoms with E-state index in [1.54, 1.807) is 0 Å². The van der Waals surface area contributed by atoms with Gasteiger partial charge in [0.2, 0.25) is 0 Å². The lowest BCUT2D eigenvalue weighted by molar-refractivity contribution is -0.0200. The molecule has 0 aliphatic carbocycles. The molecule has 1 heterocycles. The van der Waals surface area contributed by atoms with Gasteiger partial charge in [-0.25, -0.2) is 9.18 Å². The third-order valence-corrected chi connectivity index (χ3v) is 3.26. The number of amides is 1. The summed E-state index contributed by atoms with van der Waals surface area (Å²) < 4.78 is 18.4. The normalized spacial score (nSPS) is 23.2. The van der Waals surface area contributed by atoms with E-state index in [1.165, 1.54) is 12.1 Å². The summed E-state index contributed by atoms with van der Waals surface area (Å²) in [5, 5.41) is 18.8. The van der Waals surface area contributed by atoms with E-state index in [2.05, 4.69) is 0 Å². The number of aliphatic hydroxyl groups excluding tert-OH is 1. The fourth-order valence-corrected chi connectivity index (χ4v) is 2.17. The quantitative estimate of drug-likeness (QED) is 0.873. The van der Waals surface area contributed by atoms with E-state index in [0.717, 1.165) is 11.0 Å². The van der Waals surface area contributed by atoms with Crippen molar-refractivity contribution in [3.05, 3.63) is 29.0 Å². The Bertz CT molecular complexity index is 485. The summed E-state index contributed by atoms with van der Waals surface area (Å²) in [4.78, 5) is 11.9. The molecule has 104 valence electrons. The highest BCUT2D eigenvalue weighted by molar-refractivity contribution is 6.32. The van der Waals surface area contributed by atoms with Crippen LogP contribution in [-0.4, -0.2) is 46.5 Å². The Morgan fingerprint density at radius 3 is 2.84 bits per heavy atom. The molecule has 2 N–H and O–H groups in total. The van der Waals surface area contributed by atoms with Crippen LogP contribution in [0.4, 0.5) is 9.18 Å².